The van der Waals surface area contributed by atoms with E-state index in [2.05, 4.69) is 5.92 Å². The molecular weight excluding hydrogens is 362 g/mol. The third-order valence-electron chi connectivity index (χ3n) is 4.26. The molecule has 0 atom stereocenters. The van der Waals surface area contributed by atoms with Gasteiger partial charge in [-0.3, -0.25) is 4.79 Å². The molecule has 0 spiro atoms. The molecule has 0 radical (unpaired) electrons. The van der Waals surface area contributed by atoms with Gasteiger partial charge in [0.1, 0.15) is 6.61 Å². The fraction of sp³-hybridized carbons (Fsp3) is 0.500. The van der Waals surface area contributed by atoms with Crippen molar-refractivity contribution in [3.63, 3.8) is 0 Å². The first-order valence-electron chi connectivity index (χ1n) is 8.19. The highest BCUT2D eigenvalue weighted by molar-refractivity contribution is 7.91. The number of carbonyl (C=O) groups excluding carboxylic acids is 1. The Labute approximate surface area is 154 Å². The van der Waals surface area contributed by atoms with Crippen LogP contribution in [0.3, 0.4) is 0 Å². The topological polar surface area (TPSA) is 63.7 Å². The third kappa shape index (κ3) is 6.03. The van der Waals surface area contributed by atoms with Crippen LogP contribution in [0.15, 0.2) is 29.2 Å². The van der Waals surface area contributed by atoms with E-state index in [0.29, 0.717) is 37.2 Å². The van der Waals surface area contributed by atoms with Crippen molar-refractivity contribution in [3.8, 4) is 12.3 Å². The molecule has 0 aliphatic carbocycles. The van der Waals surface area contributed by atoms with Crippen molar-refractivity contribution in [2.24, 2.45) is 5.92 Å². The molecule has 0 saturated carbocycles. The van der Waals surface area contributed by atoms with Crippen molar-refractivity contribution >= 4 is 27.3 Å². The Kier molecular flexibility index (Phi) is 7.30. The lowest BCUT2D eigenvalue weighted by Crippen LogP contribution is -2.40. The Hall–Kier alpha value is -1.55. The maximum atomic E-state index is 12.3. The molecule has 1 aromatic rings. The fourth-order valence-corrected chi connectivity index (χ4v) is 4.13. The van der Waals surface area contributed by atoms with Crippen molar-refractivity contribution < 1.29 is 17.9 Å². The first-order valence-corrected chi connectivity index (χ1v) is 10.2. The molecule has 1 aliphatic rings. The molecule has 0 N–H and O–H groups in total. The Balaban J connectivity index is 1.79. The van der Waals surface area contributed by atoms with Crippen LogP contribution in [0.2, 0.25) is 5.02 Å². The van der Waals surface area contributed by atoms with Crippen LogP contribution in [0.5, 0.6) is 0 Å². The Morgan fingerprint density at radius 2 is 1.92 bits per heavy atom. The van der Waals surface area contributed by atoms with Crippen molar-refractivity contribution in [3.05, 3.63) is 29.3 Å². The second-order valence-electron chi connectivity index (χ2n) is 6.07. The summed E-state index contributed by atoms with van der Waals surface area (Å²) in [5.74, 6) is 2.51. The molecular formula is C18H22ClNO4S. The highest BCUT2D eigenvalue weighted by atomic mass is 35.5. The van der Waals surface area contributed by atoms with Gasteiger partial charge in [-0.2, -0.15) is 0 Å². The van der Waals surface area contributed by atoms with Gasteiger partial charge in [-0.05, 0) is 43.0 Å². The minimum absolute atomic E-state index is 0.0107. The first kappa shape index (κ1) is 19.8. The summed E-state index contributed by atoms with van der Waals surface area (Å²) in [5.41, 5.74) is 0. The number of likely N-dealkylation sites (tertiary alicyclic amines) is 1. The van der Waals surface area contributed by atoms with E-state index >= 15 is 0 Å². The molecule has 2 rings (SSSR count). The number of hydrogen-bond acceptors (Lipinski definition) is 4. The third-order valence-corrected chi connectivity index (χ3v) is 6.25. The molecule has 5 nitrogen and oxygen atoms in total. The minimum Gasteiger partial charge on any atom is -0.369 e. The minimum atomic E-state index is -3.48. The summed E-state index contributed by atoms with van der Waals surface area (Å²) in [6.45, 7) is 2.17. The lowest BCUT2D eigenvalue weighted by Gasteiger charge is -2.31. The largest absolute Gasteiger partial charge is 0.369 e. The zero-order valence-corrected chi connectivity index (χ0v) is 15.6. The number of hydrogen-bond donors (Lipinski definition) is 0. The van der Waals surface area contributed by atoms with Gasteiger partial charge >= 0.3 is 0 Å². The lowest BCUT2D eigenvalue weighted by molar-refractivity contribution is -0.132. The molecule has 1 saturated heterocycles. The number of halogens is 1. The molecule has 1 amide bonds. The van der Waals surface area contributed by atoms with E-state index < -0.39 is 9.84 Å². The number of nitrogens with zero attached hydrogens (tertiary/aromatic N) is 1. The van der Waals surface area contributed by atoms with E-state index in [1.807, 2.05) is 0 Å². The van der Waals surface area contributed by atoms with Crippen molar-refractivity contribution in [1.82, 2.24) is 4.90 Å². The molecule has 7 heteroatoms. The summed E-state index contributed by atoms with van der Waals surface area (Å²) >= 11 is 5.77. The molecule has 1 fully saturated rings. The number of piperidine rings is 1. The van der Waals surface area contributed by atoms with Crippen molar-refractivity contribution in [2.45, 2.75) is 24.2 Å². The van der Waals surface area contributed by atoms with Gasteiger partial charge in [0.2, 0.25) is 5.91 Å². The number of carbonyl (C=O) groups is 1. The maximum Gasteiger partial charge on any atom is 0.223 e. The van der Waals surface area contributed by atoms with Crippen LogP contribution in [0, 0.1) is 18.3 Å². The predicted molar refractivity (Wildman–Crippen MR) is 97.1 cm³/mol. The molecule has 1 aliphatic heterocycles. The first-order chi connectivity index (χ1) is 11.9. The summed E-state index contributed by atoms with van der Waals surface area (Å²) in [4.78, 5) is 14.2. The Bertz CT molecular complexity index is 716. The smallest absolute Gasteiger partial charge is 0.223 e. The second-order valence-corrected chi connectivity index (χ2v) is 8.61. The summed E-state index contributed by atoms with van der Waals surface area (Å²) in [7, 11) is -3.48. The van der Waals surface area contributed by atoms with E-state index in [0.717, 1.165) is 12.8 Å². The molecule has 0 unspecified atom stereocenters. The number of rotatable bonds is 7. The molecule has 0 aromatic heterocycles. The number of benzene rings is 1. The van der Waals surface area contributed by atoms with Crippen LogP contribution in [-0.2, 0) is 19.4 Å². The number of sulfone groups is 1. The maximum absolute atomic E-state index is 12.3. The van der Waals surface area contributed by atoms with Gasteiger partial charge in [0, 0.05) is 24.5 Å². The van der Waals surface area contributed by atoms with Gasteiger partial charge in [0.15, 0.2) is 9.84 Å². The SMILES string of the molecule is C#CCOCC1CCN(C(=O)CCS(=O)(=O)c2ccc(Cl)cc2)CC1. The van der Waals surface area contributed by atoms with E-state index in [9.17, 15) is 13.2 Å². The van der Waals surface area contributed by atoms with Crippen LogP contribution < -0.4 is 0 Å². The Morgan fingerprint density at radius 3 is 2.52 bits per heavy atom. The van der Waals surface area contributed by atoms with E-state index in [-0.39, 0.29) is 23.0 Å². The molecule has 136 valence electrons. The summed E-state index contributed by atoms with van der Waals surface area (Å²) < 4.78 is 29.9. The number of ether oxygens (including phenoxy) is 1. The second kappa shape index (κ2) is 9.23. The zero-order valence-electron chi connectivity index (χ0n) is 14.0. The zero-order chi connectivity index (χ0) is 18.3. The summed E-state index contributed by atoms with van der Waals surface area (Å²) in [6, 6.07) is 5.99. The molecule has 0 bridgehead atoms. The van der Waals surface area contributed by atoms with Gasteiger partial charge in [-0.25, -0.2) is 8.42 Å². The van der Waals surface area contributed by atoms with Crippen LogP contribution >= 0.6 is 11.6 Å². The van der Waals surface area contributed by atoms with Gasteiger partial charge in [-0.1, -0.05) is 17.5 Å². The number of amides is 1. The van der Waals surface area contributed by atoms with E-state index in [4.69, 9.17) is 22.8 Å². The van der Waals surface area contributed by atoms with Crippen molar-refractivity contribution in [1.29, 1.82) is 0 Å². The van der Waals surface area contributed by atoms with Crippen LogP contribution in [0.25, 0.3) is 0 Å². The predicted octanol–water partition coefficient (Wildman–Crippen LogP) is 2.39. The van der Waals surface area contributed by atoms with Crippen LogP contribution in [-0.4, -0.2) is 51.3 Å². The van der Waals surface area contributed by atoms with Gasteiger partial charge < -0.3 is 9.64 Å². The van der Waals surface area contributed by atoms with Gasteiger partial charge in [0.05, 0.1) is 17.3 Å². The molecule has 1 aromatic carbocycles. The molecule has 1 heterocycles. The Morgan fingerprint density at radius 1 is 1.28 bits per heavy atom. The highest BCUT2D eigenvalue weighted by Crippen LogP contribution is 2.20. The summed E-state index contributed by atoms with van der Waals surface area (Å²) in [6.07, 6.45) is 6.82. The van der Waals surface area contributed by atoms with E-state index in [1.165, 1.54) is 24.3 Å². The monoisotopic (exact) mass is 383 g/mol. The van der Waals surface area contributed by atoms with E-state index in [1.54, 1.807) is 4.90 Å². The lowest BCUT2D eigenvalue weighted by atomic mass is 9.97. The van der Waals surface area contributed by atoms with Crippen LogP contribution in [0.1, 0.15) is 19.3 Å². The van der Waals surface area contributed by atoms with Crippen molar-refractivity contribution in [2.75, 3.05) is 32.1 Å². The van der Waals surface area contributed by atoms with Gasteiger partial charge in [0.25, 0.3) is 0 Å². The normalized spacial score (nSPS) is 15.8. The fourth-order valence-electron chi connectivity index (χ4n) is 2.77. The average Bonchev–Trinajstić information content (AvgIpc) is 2.61. The quantitative estimate of drug-likeness (QED) is 0.535. The average molecular weight is 384 g/mol. The summed E-state index contributed by atoms with van der Waals surface area (Å²) in [5, 5.41) is 0.476. The highest BCUT2D eigenvalue weighted by Gasteiger charge is 2.24. The van der Waals surface area contributed by atoms with Crippen LogP contribution in [0.4, 0.5) is 0 Å². The standard InChI is InChI=1S/C18H22ClNO4S/c1-2-12-24-14-15-7-10-20(11-8-15)18(21)9-13-25(22,23)17-5-3-16(19)4-6-17/h1,3-6,15H,7-14H2. The number of terminal acetylenes is 1. The molecule has 25 heavy (non-hydrogen) atoms. The van der Waals surface area contributed by atoms with Gasteiger partial charge in [-0.15, -0.1) is 6.42 Å².